The van der Waals surface area contributed by atoms with Crippen molar-refractivity contribution in [2.75, 3.05) is 6.61 Å². The van der Waals surface area contributed by atoms with Crippen molar-refractivity contribution in [1.29, 1.82) is 0 Å². The number of benzene rings is 2. The molecule has 2 aromatic rings. The molecule has 0 bridgehead atoms. The van der Waals surface area contributed by atoms with E-state index < -0.39 is 0 Å². The monoisotopic (exact) mass is 360 g/mol. The smallest absolute Gasteiger partial charge is 0.185 e. The molecule has 114 valence electrons. The number of aryl methyl sites for hydroxylation is 1. The second kappa shape index (κ2) is 7.27. The van der Waals surface area contributed by atoms with Gasteiger partial charge in [-0.2, -0.15) is 0 Å². The lowest BCUT2D eigenvalue weighted by molar-refractivity contribution is 0.104. The molecule has 0 saturated carbocycles. The van der Waals surface area contributed by atoms with Gasteiger partial charge in [-0.25, -0.2) is 0 Å². The van der Waals surface area contributed by atoms with Gasteiger partial charge in [0.1, 0.15) is 0 Å². The highest BCUT2D eigenvalue weighted by molar-refractivity contribution is 9.10. The van der Waals surface area contributed by atoms with Gasteiger partial charge in [0.15, 0.2) is 17.3 Å². The molecule has 0 aliphatic heterocycles. The summed E-state index contributed by atoms with van der Waals surface area (Å²) in [5, 5.41) is 9.87. The number of rotatable bonds is 5. The average molecular weight is 361 g/mol. The molecular formula is C18H17BrO3. The first kappa shape index (κ1) is 16.3. The number of ether oxygens (including phenoxy) is 1. The molecule has 0 aromatic heterocycles. The highest BCUT2D eigenvalue weighted by atomic mass is 79.9. The van der Waals surface area contributed by atoms with E-state index in [-0.39, 0.29) is 11.5 Å². The summed E-state index contributed by atoms with van der Waals surface area (Å²) in [7, 11) is 0. The van der Waals surface area contributed by atoms with Gasteiger partial charge in [-0.3, -0.25) is 4.79 Å². The fraction of sp³-hybridized carbons (Fsp3) is 0.167. The van der Waals surface area contributed by atoms with Gasteiger partial charge in [0.25, 0.3) is 0 Å². The van der Waals surface area contributed by atoms with E-state index in [0.29, 0.717) is 22.4 Å². The Hall–Kier alpha value is -2.07. The molecular weight excluding hydrogens is 344 g/mol. The lowest BCUT2D eigenvalue weighted by Gasteiger charge is -2.08. The fourth-order valence-corrected chi connectivity index (χ4v) is 2.40. The molecule has 2 rings (SSSR count). The minimum atomic E-state index is -0.0674. The van der Waals surface area contributed by atoms with E-state index in [2.05, 4.69) is 15.9 Å². The van der Waals surface area contributed by atoms with Crippen LogP contribution in [0.15, 0.2) is 46.9 Å². The summed E-state index contributed by atoms with van der Waals surface area (Å²) >= 11 is 3.28. The summed E-state index contributed by atoms with van der Waals surface area (Å²) in [6, 6.07) is 10.9. The van der Waals surface area contributed by atoms with Gasteiger partial charge < -0.3 is 9.84 Å². The summed E-state index contributed by atoms with van der Waals surface area (Å²) in [5.41, 5.74) is 2.53. The van der Waals surface area contributed by atoms with E-state index >= 15 is 0 Å². The van der Waals surface area contributed by atoms with Gasteiger partial charge in [0.05, 0.1) is 11.1 Å². The zero-order chi connectivity index (χ0) is 16.1. The van der Waals surface area contributed by atoms with Crippen LogP contribution in [0.5, 0.6) is 11.5 Å². The molecule has 0 spiro atoms. The average Bonchev–Trinajstić information content (AvgIpc) is 2.50. The van der Waals surface area contributed by atoms with Crippen molar-refractivity contribution in [3.8, 4) is 11.5 Å². The van der Waals surface area contributed by atoms with Crippen LogP contribution in [0.3, 0.4) is 0 Å². The highest BCUT2D eigenvalue weighted by Crippen LogP contribution is 2.35. The number of hydrogen-bond donors (Lipinski definition) is 1. The molecule has 0 radical (unpaired) electrons. The second-order valence-corrected chi connectivity index (χ2v) is 5.70. The van der Waals surface area contributed by atoms with Gasteiger partial charge in [-0.1, -0.05) is 35.9 Å². The zero-order valence-electron chi connectivity index (χ0n) is 12.5. The van der Waals surface area contributed by atoms with Gasteiger partial charge in [-0.15, -0.1) is 0 Å². The summed E-state index contributed by atoms with van der Waals surface area (Å²) in [5.74, 6) is 0.380. The number of carbonyl (C=O) groups excluding carboxylic acids is 1. The maximum absolute atomic E-state index is 12.1. The van der Waals surface area contributed by atoms with Gasteiger partial charge in [-0.05, 0) is 53.5 Å². The first-order valence-electron chi connectivity index (χ1n) is 6.95. The molecule has 0 heterocycles. The van der Waals surface area contributed by atoms with Crippen LogP contribution in [0.1, 0.15) is 28.4 Å². The molecule has 22 heavy (non-hydrogen) atoms. The number of halogens is 1. The van der Waals surface area contributed by atoms with Crippen LogP contribution in [0.25, 0.3) is 6.08 Å². The van der Waals surface area contributed by atoms with Crippen molar-refractivity contribution in [3.05, 3.63) is 63.6 Å². The molecule has 0 fully saturated rings. The molecule has 0 atom stereocenters. The summed E-state index contributed by atoms with van der Waals surface area (Å²) in [6.45, 7) is 4.28. The Labute approximate surface area is 138 Å². The second-order valence-electron chi connectivity index (χ2n) is 4.85. The SMILES string of the molecule is CCOc1cc(/C=C/C(=O)c2ccc(C)cc2)cc(Br)c1O. The third-order valence-electron chi connectivity index (χ3n) is 3.11. The van der Waals surface area contributed by atoms with Crippen molar-refractivity contribution in [2.45, 2.75) is 13.8 Å². The largest absolute Gasteiger partial charge is 0.503 e. The number of ketones is 1. The Morgan fingerprint density at radius 3 is 2.59 bits per heavy atom. The molecule has 0 saturated heterocycles. The van der Waals surface area contributed by atoms with Crippen LogP contribution in [0, 0.1) is 6.92 Å². The van der Waals surface area contributed by atoms with Gasteiger partial charge in [0.2, 0.25) is 0 Å². The molecule has 0 unspecified atom stereocenters. The summed E-state index contributed by atoms with van der Waals surface area (Å²) in [6.07, 6.45) is 3.22. The highest BCUT2D eigenvalue weighted by Gasteiger charge is 2.08. The molecule has 1 N–H and O–H groups in total. The lowest BCUT2D eigenvalue weighted by Crippen LogP contribution is -1.94. The van der Waals surface area contributed by atoms with Crippen LogP contribution in [-0.4, -0.2) is 17.5 Å². The van der Waals surface area contributed by atoms with Gasteiger partial charge in [0, 0.05) is 5.56 Å². The third-order valence-corrected chi connectivity index (χ3v) is 3.72. The normalized spacial score (nSPS) is 10.9. The van der Waals surface area contributed by atoms with Crippen molar-refractivity contribution >= 4 is 27.8 Å². The lowest BCUT2D eigenvalue weighted by atomic mass is 10.1. The zero-order valence-corrected chi connectivity index (χ0v) is 14.1. The number of allylic oxidation sites excluding steroid dienone is 1. The Balaban J connectivity index is 2.22. The van der Waals surface area contributed by atoms with E-state index in [9.17, 15) is 9.90 Å². The molecule has 3 nitrogen and oxygen atoms in total. The molecule has 0 amide bonds. The minimum Gasteiger partial charge on any atom is -0.503 e. The van der Waals surface area contributed by atoms with Crippen molar-refractivity contribution in [3.63, 3.8) is 0 Å². The number of phenols is 1. The Morgan fingerprint density at radius 2 is 1.95 bits per heavy atom. The van der Waals surface area contributed by atoms with Crippen molar-refractivity contribution < 1.29 is 14.6 Å². The standard InChI is InChI=1S/C18H17BrO3/c1-3-22-17-11-13(10-15(19)18(17)21)6-9-16(20)14-7-4-12(2)5-8-14/h4-11,21H,3H2,1-2H3/b9-6+. The first-order valence-corrected chi connectivity index (χ1v) is 7.75. The third kappa shape index (κ3) is 3.98. The van der Waals surface area contributed by atoms with Crippen LogP contribution in [0.4, 0.5) is 0 Å². The van der Waals surface area contributed by atoms with E-state index in [4.69, 9.17) is 4.74 Å². The van der Waals surface area contributed by atoms with Crippen molar-refractivity contribution in [1.82, 2.24) is 0 Å². The minimum absolute atomic E-state index is 0.0591. The maximum atomic E-state index is 12.1. The van der Waals surface area contributed by atoms with Crippen LogP contribution < -0.4 is 4.74 Å². The van der Waals surface area contributed by atoms with Crippen LogP contribution in [0.2, 0.25) is 0 Å². The quantitative estimate of drug-likeness (QED) is 0.617. The Bertz CT molecular complexity index is 703. The topological polar surface area (TPSA) is 46.5 Å². The molecule has 0 aliphatic carbocycles. The van der Waals surface area contributed by atoms with E-state index in [1.165, 1.54) is 6.08 Å². The number of hydrogen-bond acceptors (Lipinski definition) is 3. The fourth-order valence-electron chi connectivity index (χ4n) is 1.94. The number of phenolic OH excluding ortho intramolecular Hbond substituents is 1. The molecule has 2 aromatic carbocycles. The molecule has 4 heteroatoms. The Morgan fingerprint density at radius 1 is 1.27 bits per heavy atom. The van der Waals surface area contributed by atoms with Crippen LogP contribution in [-0.2, 0) is 0 Å². The molecule has 0 aliphatic rings. The predicted molar refractivity (Wildman–Crippen MR) is 91.5 cm³/mol. The van der Waals surface area contributed by atoms with Gasteiger partial charge >= 0.3 is 0 Å². The first-order chi connectivity index (χ1) is 10.5. The van der Waals surface area contributed by atoms with Crippen LogP contribution >= 0.6 is 15.9 Å². The van der Waals surface area contributed by atoms with E-state index in [1.807, 2.05) is 26.0 Å². The predicted octanol–water partition coefficient (Wildman–Crippen LogP) is 4.76. The van der Waals surface area contributed by atoms with E-state index in [0.717, 1.165) is 11.1 Å². The Kier molecular flexibility index (Phi) is 5.39. The summed E-state index contributed by atoms with van der Waals surface area (Å²) < 4.78 is 5.89. The summed E-state index contributed by atoms with van der Waals surface area (Å²) in [4.78, 5) is 12.1. The maximum Gasteiger partial charge on any atom is 0.185 e. The number of aromatic hydroxyl groups is 1. The number of carbonyl (C=O) groups is 1. The van der Waals surface area contributed by atoms with E-state index in [1.54, 1.807) is 30.3 Å². The van der Waals surface area contributed by atoms with Crippen molar-refractivity contribution in [2.24, 2.45) is 0 Å².